The van der Waals surface area contributed by atoms with Crippen molar-refractivity contribution in [3.63, 3.8) is 0 Å². The molecule has 0 saturated carbocycles. The topological polar surface area (TPSA) is 94.6 Å². The number of nitrogens with two attached hydrogens (primary N) is 1. The van der Waals surface area contributed by atoms with Gasteiger partial charge in [0, 0.05) is 10.6 Å². The van der Waals surface area contributed by atoms with Crippen LogP contribution in [0.4, 0.5) is 0 Å². The van der Waals surface area contributed by atoms with Gasteiger partial charge in [0.1, 0.15) is 11.6 Å². The van der Waals surface area contributed by atoms with Crippen molar-refractivity contribution in [2.45, 2.75) is 19.8 Å². The Kier molecular flexibility index (Phi) is 7.02. The monoisotopic (exact) mass is 444 g/mol. The summed E-state index contributed by atoms with van der Waals surface area (Å²) >= 11 is 6.23. The number of halogens is 1. The first-order valence-electron chi connectivity index (χ1n) is 9.47. The number of allylic oxidation sites excluding steroid dienone is 2. The standard InChI is InChI=1S/C22H22ClN2O4P/c1-3-27-30(26,28-4-2)22-20(15-9-6-5-7-10-15)19(18(14-24)21(25)29-22)16-11-8-12-17(23)13-16/h5-13,19H,3-4,25H2,1-2H3. The van der Waals surface area contributed by atoms with Gasteiger partial charge in [-0.15, -0.1) is 0 Å². The van der Waals surface area contributed by atoms with E-state index in [0.29, 0.717) is 21.7 Å². The predicted molar refractivity (Wildman–Crippen MR) is 116 cm³/mol. The molecule has 1 unspecified atom stereocenters. The molecular weight excluding hydrogens is 423 g/mol. The van der Waals surface area contributed by atoms with Crippen molar-refractivity contribution in [1.82, 2.24) is 0 Å². The zero-order chi connectivity index (χ0) is 21.7. The molecule has 0 aliphatic carbocycles. The Labute approximate surface area is 181 Å². The lowest BCUT2D eigenvalue weighted by Gasteiger charge is -2.32. The molecule has 30 heavy (non-hydrogen) atoms. The summed E-state index contributed by atoms with van der Waals surface area (Å²) in [5.74, 6) is -0.800. The average Bonchev–Trinajstić information content (AvgIpc) is 2.74. The van der Waals surface area contributed by atoms with Crippen molar-refractivity contribution in [1.29, 1.82) is 5.26 Å². The fourth-order valence-electron chi connectivity index (χ4n) is 3.37. The Bertz CT molecular complexity index is 1070. The van der Waals surface area contributed by atoms with Crippen molar-refractivity contribution in [2.24, 2.45) is 5.73 Å². The molecule has 156 valence electrons. The first kappa shape index (κ1) is 22.1. The fraction of sp³-hybridized carbons (Fsp3) is 0.227. The van der Waals surface area contributed by atoms with Gasteiger partial charge in [0.2, 0.25) is 11.4 Å². The van der Waals surface area contributed by atoms with E-state index < -0.39 is 13.5 Å². The average molecular weight is 445 g/mol. The smallest absolute Gasteiger partial charge is 0.396 e. The van der Waals surface area contributed by atoms with E-state index in [1.54, 1.807) is 32.0 Å². The van der Waals surface area contributed by atoms with E-state index in [9.17, 15) is 9.83 Å². The van der Waals surface area contributed by atoms with Crippen LogP contribution in [0, 0.1) is 11.3 Å². The highest BCUT2D eigenvalue weighted by Crippen LogP contribution is 2.63. The molecule has 2 N–H and O–H groups in total. The molecule has 0 bridgehead atoms. The van der Waals surface area contributed by atoms with Gasteiger partial charge in [0.25, 0.3) is 0 Å². The lowest BCUT2D eigenvalue weighted by atomic mass is 9.81. The van der Waals surface area contributed by atoms with Crippen molar-refractivity contribution >= 4 is 24.8 Å². The number of benzene rings is 2. The molecule has 0 amide bonds. The van der Waals surface area contributed by atoms with Crippen molar-refractivity contribution in [2.75, 3.05) is 13.2 Å². The molecule has 6 nitrogen and oxygen atoms in total. The van der Waals surface area contributed by atoms with Crippen molar-refractivity contribution in [3.05, 3.63) is 87.7 Å². The Morgan fingerprint density at radius 1 is 1.13 bits per heavy atom. The first-order chi connectivity index (χ1) is 14.4. The quantitative estimate of drug-likeness (QED) is 0.544. The summed E-state index contributed by atoms with van der Waals surface area (Å²) in [6.45, 7) is 3.71. The minimum atomic E-state index is -3.86. The van der Waals surface area contributed by atoms with Gasteiger partial charge in [0.05, 0.1) is 19.1 Å². The van der Waals surface area contributed by atoms with Crippen LogP contribution in [-0.4, -0.2) is 13.2 Å². The maximum Gasteiger partial charge on any atom is 0.396 e. The van der Waals surface area contributed by atoms with Gasteiger partial charge >= 0.3 is 7.60 Å². The lowest BCUT2D eigenvalue weighted by Crippen LogP contribution is -2.21. The van der Waals surface area contributed by atoms with E-state index in [2.05, 4.69) is 6.07 Å². The second-order valence-corrected chi connectivity index (χ2v) is 8.75. The van der Waals surface area contributed by atoms with E-state index in [-0.39, 0.29) is 30.2 Å². The summed E-state index contributed by atoms with van der Waals surface area (Å²) in [4.78, 5) is 0. The Hall–Kier alpha value is -2.55. The van der Waals surface area contributed by atoms with Crippen LogP contribution >= 0.6 is 19.2 Å². The molecule has 0 spiro atoms. The summed E-state index contributed by atoms with van der Waals surface area (Å²) in [7, 11) is -3.86. The van der Waals surface area contributed by atoms with Gasteiger partial charge in [0.15, 0.2) is 0 Å². The van der Waals surface area contributed by atoms with E-state index in [1.807, 2.05) is 36.4 Å². The normalized spacial score (nSPS) is 16.9. The van der Waals surface area contributed by atoms with Crippen LogP contribution < -0.4 is 5.73 Å². The van der Waals surface area contributed by atoms with E-state index in [1.165, 1.54) is 0 Å². The lowest BCUT2D eigenvalue weighted by molar-refractivity contribution is 0.199. The zero-order valence-corrected chi connectivity index (χ0v) is 18.3. The molecular formula is C22H22ClN2O4P. The summed E-state index contributed by atoms with van der Waals surface area (Å²) in [5.41, 5.74) is 8.20. The molecule has 1 aliphatic rings. The first-order valence-corrected chi connectivity index (χ1v) is 11.4. The Morgan fingerprint density at radius 3 is 2.37 bits per heavy atom. The van der Waals surface area contributed by atoms with Crippen LogP contribution in [0.25, 0.3) is 5.57 Å². The number of ether oxygens (including phenoxy) is 1. The van der Waals surface area contributed by atoms with Crippen LogP contribution in [0.5, 0.6) is 0 Å². The molecule has 0 radical (unpaired) electrons. The zero-order valence-electron chi connectivity index (χ0n) is 16.7. The van der Waals surface area contributed by atoms with Crippen LogP contribution in [0.1, 0.15) is 30.9 Å². The Balaban J connectivity index is 2.37. The summed E-state index contributed by atoms with van der Waals surface area (Å²) < 4.78 is 30.6. The fourth-order valence-corrected chi connectivity index (χ4v) is 5.32. The van der Waals surface area contributed by atoms with Gasteiger partial charge < -0.3 is 19.5 Å². The number of rotatable bonds is 7. The second-order valence-electron chi connectivity index (χ2n) is 6.40. The molecule has 3 rings (SSSR count). The minimum absolute atomic E-state index is 0.0149. The SMILES string of the molecule is CCOP(=O)(OCC)C1=C(c2ccccc2)C(c2cccc(Cl)c2)C(C#N)=C(N)O1. The third-order valence-electron chi connectivity index (χ3n) is 4.51. The van der Waals surface area contributed by atoms with Gasteiger partial charge in [-0.3, -0.25) is 4.57 Å². The molecule has 0 fully saturated rings. The number of hydrogen-bond acceptors (Lipinski definition) is 6. The molecule has 1 atom stereocenters. The molecule has 1 aliphatic heterocycles. The van der Waals surface area contributed by atoms with Crippen LogP contribution in [0.15, 0.2) is 71.6 Å². The van der Waals surface area contributed by atoms with E-state index >= 15 is 0 Å². The highest BCUT2D eigenvalue weighted by atomic mass is 35.5. The van der Waals surface area contributed by atoms with Crippen LogP contribution in [0.3, 0.4) is 0 Å². The minimum Gasteiger partial charge on any atom is -0.432 e. The maximum atomic E-state index is 13.7. The van der Waals surface area contributed by atoms with E-state index in [0.717, 1.165) is 0 Å². The third-order valence-corrected chi connectivity index (χ3v) is 6.77. The van der Waals surface area contributed by atoms with E-state index in [4.69, 9.17) is 31.1 Å². The van der Waals surface area contributed by atoms with Gasteiger partial charge in [-0.2, -0.15) is 5.26 Å². The van der Waals surface area contributed by atoms with Crippen LogP contribution in [0.2, 0.25) is 5.02 Å². The number of nitriles is 1. The molecule has 1 heterocycles. The molecule has 8 heteroatoms. The molecule has 0 saturated heterocycles. The van der Waals surface area contributed by atoms with Crippen molar-refractivity contribution < 1.29 is 18.3 Å². The van der Waals surface area contributed by atoms with Gasteiger partial charge in [-0.1, -0.05) is 54.1 Å². The molecule has 2 aromatic carbocycles. The molecule has 0 aromatic heterocycles. The third kappa shape index (κ3) is 4.30. The largest absolute Gasteiger partial charge is 0.432 e. The van der Waals surface area contributed by atoms with Gasteiger partial charge in [-0.05, 0) is 37.1 Å². The maximum absolute atomic E-state index is 13.7. The highest BCUT2D eigenvalue weighted by molar-refractivity contribution is 7.58. The molecule has 2 aromatic rings. The summed E-state index contributed by atoms with van der Waals surface area (Å²) in [6, 6.07) is 18.5. The van der Waals surface area contributed by atoms with Gasteiger partial charge in [-0.25, -0.2) is 0 Å². The number of nitrogens with zero attached hydrogens (tertiary/aromatic N) is 1. The summed E-state index contributed by atoms with van der Waals surface area (Å²) in [5, 5.41) is 10.4. The second kappa shape index (κ2) is 9.51. The predicted octanol–water partition coefficient (Wildman–Crippen LogP) is 5.78. The Morgan fingerprint density at radius 2 is 1.80 bits per heavy atom. The summed E-state index contributed by atoms with van der Waals surface area (Å²) in [6.07, 6.45) is 0. The van der Waals surface area contributed by atoms with Crippen LogP contribution in [-0.2, 0) is 18.3 Å². The number of hydrogen-bond donors (Lipinski definition) is 1. The highest BCUT2D eigenvalue weighted by Gasteiger charge is 2.43. The van der Waals surface area contributed by atoms with Crippen molar-refractivity contribution in [3.8, 4) is 6.07 Å².